The van der Waals surface area contributed by atoms with Crippen LogP contribution in [-0.4, -0.2) is 26.0 Å². The molecule has 0 aliphatic rings. The van der Waals surface area contributed by atoms with Crippen molar-refractivity contribution in [2.45, 2.75) is 18.2 Å². The Morgan fingerprint density at radius 3 is 2.32 bits per heavy atom. The van der Waals surface area contributed by atoms with E-state index in [0.717, 1.165) is 11.1 Å². The van der Waals surface area contributed by atoms with E-state index in [2.05, 4.69) is 4.74 Å². The molecule has 0 aliphatic carbocycles. The average Bonchev–Trinajstić information content (AvgIpc) is 2.46. The molecule has 22 heavy (non-hydrogen) atoms. The van der Waals surface area contributed by atoms with Crippen LogP contribution in [0.4, 0.5) is 0 Å². The van der Waals surface area contributed by atoms with Crippen molar-refractivity contribution >= 4 is 16.1 Å². The molecule has 0 atom stereocenters. The van der Waals surface area contributed by atoms with Crippen molar-refractivity contribution in [3.8, 4) is 0 Å². The molecule has 0 heterocycles. The van der Waals surface area contributed by atoms with E-state index in [1.54, 1.807) is 36.4 Å². The number of benzene rings is 2. The molecule has 0 spiro atoms. The molecule has 0 saturated heterocycles. The molecule has 1 N–H and O–H groups in total. The second-order valence-electron chi connectivity index (χ2n) is 4.95. The minimum Gasteiger partial charge on any atom is -0.465 e. The summed E-state index contributed by atoms with van der Waals surface area (Å²) in [6.45, 7) is 1.84. The standard InChI is InChI=1S/C16H16O5S/c1-11-3-8-15(22(18,19)20)14(9-11)10-12-4-6-13(7-5-12)16(17)21-2/h3-9H,10H2,1-2H3,(H,18,19,20). The molecule has 5 nitrogen and oxygen atoms in total. The van der Waals surface area contributed by atoms with Gasteiger partial charge in [0.15, 0.2) is 0 Å². The first-order valence-electron chi connectivity index (χ1n) is 6.55. The molecule has 6 heteroatoms. The van der Waals surface area contributed by atoms with Gasteiger partial charge in [-0.25, -0.2) is 4.79 Å². The van der Waals surface area contributed by atoms with Gasteiger partial charge in [0.1, 0.15) is 0 Å². The van der Waals surface area contributed by atoms with Crippen molar-refractivity contribution in [2.75, 3.05) is 7.11 Å². The molecular weight excluding hydrogens is 304 g/mol. The Morgan fingerprint density at radius 2 is 1.77 bits per heavy atom. The predicted octanol–water partition coefficient (Wildman–Crippen LogP) is 2.62. The first-order valence-corrected chi connectivity index (χ1v) is 7.99. The number of hydrogen-bond acceptors (Lipinski definition) is 4. The van der Waals surface area contributed by atoms with Crippen molar-refractivity contribution in [3.63, 3.8) is 0 Å². The summed E-state index contributed by atoms with van der Waals surface area (Å²) >= 11 is 0. The van der Waals surface area contributed by atoms with E-state index < -0.39 is 16.1 Å². The lowest BCUT2D eigenvalue weighted by atomic mass is 10.0. The normalized spacial score (nSPS) is 11.2. The van der Waals surface area contributed by atoms with Gasteiger partial charge in [-0.15, -0.1) is 0 Å². The molecule has 2 rings (SSSR count). The predicted molar refractivity (Wildman–Crippen MR) is 81.6 cm³/mol. The minimum atomic E-state index is -4.27. The van der Waals surface area contributed by atoms with Crippen LogP contribution in [0.1, 0.15) is 27.0 Å². The van der Waals surface area contributed by atoms with E-state index in [9.17, 15) is 17.8 Å². The van der Waals surface area contributed by atoms with E-state index in [-0.39, 0.29) is 4.90 Å². The van der Waals surface area contributed by atoms with Gasteiger partial charge in [0.2, 0.25) is 0 Å². The highest BCUT2D eigenvalue weighted by atomic mass is 32.2. The molecule has 0 aromatic heterocycles. The summed E-state index contributed by atoms with van der Waals surface area (Å²) in [5, 5.41) is 0. The topological polar surface area (TPSA) is 80.7 Å². The van der Waals surface area contributed by atoms with Crippen LogP contribution in [0.5, 0.6) is 0 Å². The van der Waals surface area contributed by atoms with Crippen LogP contribution in [0.15, 0.2) is 47.4 Å². The van der Waals surface area contributed by atoms with E-state index in [1.165, 1.54) is 13.2 Å². The fourth-order valence-corrected chi connectivity index (χ4v) is 2.90. The maximum absolute atomic E-state index is 11.4. The first-order chi connectivity index (χ1) is 10.3. The summed E-state index contributed by atoms with van der Waals surface area (Å²) in [6.07, 6.45) is 0.332. The quantitative estimate of drug-likeness (QED) is 0.692. The number of methoxy groups -OCH3 is 1. The molecule has 2 aromatic carbocycles. The minimum absolute atomic E-state index is 0.102. The first kappa shape index (κ1) is 16.2. The lowest BCUT2D eigenvalue weighted by Gasteiger charge is -2.09. The largest absolute Gasteiger partial charge is 0.465 e. The number of carbonyl (C=O) groups excluding carboxylic acids is 1. The van der Waals surface area contributed by atoms with Gasteiger partial charge in [-0.05, 0) is 42.7 Å². The van der Waals surface area contributed by atoms with Crippen molar-refractivity contribution in [1.29, 1.82) is 0 Å². The molecule has 0 radical (unpaired) electrons. The van der Waals surface area contributed by atoms with Crippen LogP contribution in [0, 0.1) is 6.92 Å². The van der Waals surface area contributed by atoms with Gasteiger partial charge in [0.25, 0.3) is 10.1 Å². The van der Waals surface area contributed by atoms with Gasteiger partial charge in [-0.2, -0.15) is 8.42 Å². The highest BCUT2D eigenvalue weighted by molar-refractivity contribution is 7.85. The number of hydrogen-bond donors (Lipinski definition) is 1. The second kappa shape index (κ2) is 6.29. The van der Waals surface area contributed by atoms with Crippen LogP contribution in [0.2, 0.25) is 0 Å². The molecule has 0 fully saturated rings. The molecule has 0 bridgehead atoms. The van der Waals surface area contributed by atoms with Crippen molar-refractivity contribution in [2.24, 2.45) is 0 Å². The summed E-state index contributed by atoms with van der Waals surface area (Å²) in [6, 6.07) is 11.4. The zero-order valence-corrected chi connectivity index (χ0v) is 13.1. The number of ether oxygens (including phenoxy) is 1. The second-order valence-corrected chi connectivity index (χ2v) is 6.34. The smallest absolute Gasteiger partial charge is 0.337 e. The van der Waals surface area contributed by atoms with Crippen molar-refractivity contribution in [1.82, 2.24) is 0 Å². The number of carbonyl (C=O) groups is 1. The molecule has 116 valence electrons. The maximum Gasteiger partial charge on any atom is 0.337 e. The van der Waals surface area contributed by atoms with Gasteiger partial charge in [0, 0.05) is 0 Å². The molecule has 2 aromatic rings. The lowest BCUT2D eigenvalue weighted by Crippen LogP contribution is -2.05. The molecular formula is C16H16O5S. The van der Waals surface area contributed by atoms with Gasteiger partial charge in [0.05, 0.1) is 17.6 Å². The Morgan fingerprint density at radius 1 is 1.14 bits per heavy atom. The zero-order valence-electron chi connectivity index (χ0n) is 12.2. The molecule has 0 unspecified atom stereocenters. The monoisotopic (exact) mass is 320 g/mol. The third-order valence-electron chi connectivity index (χ3n) is 3.26. The fraction of sp³-hybridized carbons (Fsp3) is 0.188. The Kier molecular flexibility index (Phi) is 4.63. The van der Waals surface area contributed by atoms with Gasteiger partial charge < -0.3 is 4.74 Å². The molecule has 0 saturated carbocycles. The van der Waals surface area contributed by atoms with Crippen molar-refractivity contribution < 1.29 is 22.5 Å². The van der Waals surface area contributed by atoms with Crippen LogP contribution in [-0.2, 0) is 21.3 Å². The fourth-order valence-electron chi connectivity index (χ4n) is 2.19. The van der Waals surface area contributed by atoms with Gasteiger partial charge in [-0.3, -0.25) is 4.55 Å². The molecule has 0 aliphatic heterocycles. The van der Waals surface area contributed by atoms with Gasteiger partial charge in [-0.1, -0.05) is 29.8 Å². The van der Waals surface area contributed by atoms with E-state index in [0.29, 0.717) is 17.5 Å². The Labute approximate surface area is 129 Å². The summed E-state index contributed by atoms with van der Waals surface area (Å²) in [5.41, 5.74) is 2.65. The van der Waals surface area contributed by atoms with Crippen LogP contribution >= 0.6 is 0 Å². The van der Waals surface area contributed by atoms with E-state index >= 15 is 0 Å². The Bertz CT molecular complexity index is 792. The highest BCUT2D eigenvalue weighted by Gasteiger charge is 2.15. The highest BCUT2D eigenvalue weighted by Crippen LogP contribution is 2.21. The zero-order chi connectivity index (χ0) is 16.3. The third-order valence-corrected chi connectivity index (χ3v) is 4.22. The summed E-state index contributed by atoms with van der Waals surface area (Å²) in [7, 11) is -2.96. The van der Waals surface area contributed by atoms with Gasteiger partial charge >= 0.3 is 5.97 Å². The number of aryl methyl sites for hydroxylation is 1. The summed E-state index contributed by atoms with van der Waals surface area (Å²) in [4.78, 5) is 11.3. The lowest BCUT2D eigenvalue weighted by molar-refractivity contribution is 0.0600. The average molecular weight is 320 g/mol. The summed E-state index contributed by atoms with van der Waals surface area (Å²) in [5.74, 6) is -0.430. The van der Waals surface area contributed by atoms with E-state index in [4.69, 9.17) is 0 Å². The van der Waals surface area contributed by atoms with Crippen LogP contribution < -0.4 is 0 Å². The van der Waals surface area contributed by atoms with Crippen molar-refractivity contribution in [3.05, 3.63) is 64.7 Å². The van der Waals surface area contributed by atoms with E-state index in [1.807, 2.05) is 6.92 Å². The van der Waals surface area contributed by atoms with Crippen LogP contribution in [0.3, 0.4) is 0 Å². The number of rotatable bonds is 4. The Balaban J connectivity index is 2.35. The third kappa shape index (κ3) is 3.72. The number of esters is 1. The Hall–Kier alpha value is -2.18. The SMILES string of the molecule is COC(=O)c1ccc(Cc2cc(C)ccc2S(=O)(=O)O)cc1. The summed E-state index contributed by atoms with van der Waals surface area (Å²) < 4.78 is 36.8. The maximum atomic E-state index is 11.4. The van der Waals surface area contributed by atoms with Crippen LogP contribution in [0.25, 0.3) is 0 Å². The molecule has 0 amide bonds.